The van der Waals surface area contributed by atoms with Crippen LogP contribution in [-0.2, 0) is 4.79 Å². The third-order valence-electron chi connectivity index (χ3n) is 4.72. The molecular weight excluding hydrogens is 430 g/mol. The highest BCUT2D eigenvalue weighted by Gasteiger charge is 2.32. The Morgan fingerprint density at radius 3 is 2.73 bits per heavy atom. The maximum atomic E-state index is 13.6. The van der Waals surface area contributed by atoms with Crippen LogP contribution < -0.4 is 10.6 Å². The zero-order valence-corrected chi connectivity index (χ0v) is 16.4. The molecule has 1 unspecified atom stereocenters. The van der Waals surface area contributed by atoms with Gasteiger partial charge in [0.05, 0.1) is 17.3 Å². The van der Waals surface area contributed by atoms with E-state index in [4.69, 9.17) is 11.6 Å². The summed E-state index contributed by atoms with van der Waals surface area (Å²) in [5.41, 5.74) is 0.485. The van der Waals surface area contributed by atoms with Crippen LogP contribution in [0.25, 0.3) is 0 Å². The lowest BCUT2D eigenvalue weighted by Crippen LogP contribution is -2.58. The van der Waals surface area contributed by atoms with Crippen molar-refractivity contribution in [3.63, 3.8) is 0 Å². The van der Waals surface area contributed by atoms with E-state index >= 15 is 0 Å². The van der Waals surface area contributed by atoms with Crippen LogP contribution in [0.15, 0.2) is 30.6 Å². The van der Waals surface area contributed by atoms with Gasteiger partial charge in [-0.3, -0.25) is 4.79 Å². The maximum absolute atomic E-state index is 13.6. The van der Waals surface area contributed by atoms with Crippen molar-refractivity contribution >= 4 is 23.5 Å². The molecule has 1 saturated heterocycles. The molecule has 1 fully saturated rings. The first kappa shape index (κ1) is 21.9. The highest BCUT2D eigenvalue weighted by molar-refractivity contribution is 6.30. The van der Waals surface area contributed by atoms with E-state index in [9.17, 15) is 27.2 Å². The molecule has 0 spiro atoms. The summed E-state index contributed by atoms with van der Waals surface area (Å²) in [5.74, 6) is -1.02. The van der Waals surface area contributed by atoms with Gasteiger partial charge in [-0.05, 0) is 24.6 Å². The molecule has 1 aliphatic heterocycles. The van der Waals surface area contributed by atoms with Gasteiger partial charge in [-0.1, -0.05) is 17.7 Å². The highest BCUT2D eigenvalue weighted by Crippen LogP contribution is 2.28. The standard InChI is InChI=1S/C18H18ClF4N5O2/c1-9-17(29)24-4-5-27(9)18(30)26-14(10-2-3-13(20)12(19)6-10)11-7-25-28(8-11)16(23)15(21)22/h2-3,6-9,14-16H,4-5H2,1H3,(H,24,29)(H,26,30)/t9-,14-,16?/m1/s1. The summed E-state index contributed by atoms with van der Waals surface area (Å²) in [6, 6.07) is 1.30. The quantitative estimate of drug-likeness (QED) is 0.691. The minimum Gasteiger partial charge on any atom is -0.353 e. The second-order valence-corrected chi connectivity index (χ2v) is 7.08. The van der Waals surface area contributed by atoms with Crippen LogP contribution >= 0.6 is 11.6 Å². The smallest absolute Gasteiger partial charge is 0.318 e. The van der Waals surface area contributed by atoms with Gasteiger partial charge in [0.1, 0.15) is 11.9 Å². The van der Waals surface area contributed by atoms with E-state index in [0.29, 0.717) is 10.2 Å². The Bertz CT molecular complexity index is 941. The van der Waals surface area contributed by atoms with E-state index in [1.807, 2.05) is 0 Å². The first-order valence-corrected chi connectivity index (χ1v) is 9.33. The van der Waals surface area contributed by atoms with Gasteiger partial charge < -0.3 is 15.5 Å². The molecule has 30 heavy (non-hydrogen) atoms. The minimum atomic E-state index is -3.29. The Kier molecular flexibility index (Phi) is 6.49. The number of piperazine rings is 1. The maximum Gasteiger partial charge on any atom is 0.318 e. The van der Waals surface area contributed by atoms with Crippen LogP contribution in [-0.4, -0.2) is 52.2 Å². The van der Waals surface area contributed by atoms with Crippen molar-refractivity contribution in [2.24, 2.45) is 0 Å². The number of rotatable bonds is 5. The Hall–Kier alpha value is -2.82. The highest BCUT2D eigenvalue weighted by atomic mass is 35.5. The van der Waals surface area contributed by atoms with E-state index in [1.54, 1.807) is 6.92 Å². The largest absolute Gasteiger partial charge is 0.353 e. The molecule has 3 atom stereocenters. The van der Waals surface area contributed by atoms with Crippen LogP contribution in [0.5, 0.6) is 0 Å². The number of hydrogen-bond donors (Lipinski definition) is 2. The normalized spacial score (nSPS) is 18.8. The fraction of sp³-hybridized carbons (Fsp3) is 0.389. The summed E-state index contributed by atoms with van der Waals surface area (Å²) in [6.45, 7) is 2.05. The van der Waals surface area contributed by atoms with E-state index in [-0.39, 0.29) is 29.6 Å². The molecule has 3 amide bonds. The van der Waals surface area contributed by atoms with Gasteiger partial charge >= 0.3 is 6.03 Å². The molecule has 162 valence electrons. The number of hydrogen-bond acceptors (Lipinski definition) is 3. The predicted molar refractivity (Wildman–Crippen MR) is 99.3 cm³/mol. The number of halogens is 5. The lowest BCUT2D eigenvalue weighted by molar-refractivity contribution is -0.126. The molecular formula is C18H18ClF4N5O2. The molecule has 7 nitrogen and oxygen atoms in total. The van der Waals surface area contributed by atoms with Gasteiger partial charge in [-0.15, -0.1) is 0 Å². The Morgan fingerprint density at radius 2 is 2.07 bits per heavy atom. The number of amides is 3. The first-order chi connectivity index (χ1) is 14.2. The third-order valence-corrected chi connectivity index (χ3v) is 5.01. The molecule has 2 heterocycles. The number of benzene rings is 1. The Labute approximate surface area is 174 Å². The molecule has 0 bridgehead atoms. The minimum absolute atomic E-state index is 0.170. The van der Waals surface area contributed by atoms with Crippen molar-refractivity contribution in [1.82, 2.24) is 25.3 Å². The second kappa shape index (κ2) is 8.90. The molecule has 0 aliphatic carbocycles. The molecule has 0 radical (unpaired) electrons. The van der Waals surface area contributed by atoms with E-state index in [2.05, 4.69) is 15.7 Å². The molecule has 1 aliphatic rings. The van der Waals surface area contributed by atoms with Gasteiger partial charge in [-0.2, -0.15) is 5.10 Å². The second-order valence-electron chi connectivity index (χ2n) is 6.68. The number of carbonyl (C=O) groups excluding carboxylic acids is 2. The van der Waals surface area contributed by atoms with Crippen LogP contribution in [0.2, 0.25) is 5.02 Å². The molecule has 12 heteroatoms. The molecule has 1 aromatic heterocycles. The third kappa shape index (κ3) is 4.50. The summed E-state index contributed by atoms with van der Waals surface area (Å²) in [7, 11) is 0. The van der Waals surface area contributed by atoms with Crippen LogP contribution in [0.3, 0.4) is 0 Å². The topological polar surface area (TPSA) is 79.3 Å². The van der Waals surface area contributed by atoms with Crippen molar-refractivity contribution in [3.8, 4) is 0 Å². The van der Waals surface area contributed by atoms with Gasteiger partial charge in [0.2, 0.25) is 5.91 Å². The SMILES string of the molecule is C[C@@H]1C(=O)NCCN1C(=O)N[C@H](c1ccc(F)c(Cl)c1)c1cnn(C(F)C(F)F)c1. The summed E-state index contributed by atoms with van der Waals surface area (Å²) in [6.07, 6.45) is -3.83. The average Bonchev–Trinajstić information content (AvgIpc) is 3.19. The zero-order valence-electron chi connectivity index (χ0n) is 15.7. The fourth-order valence-corrected chi connectivity index (χ4v) is 3.26. The van der Waals surface area contributed by atoms with Gasteiger partial charge in [0.25, 0.3) is 12.7 Å². The number of urea groups is 1. The molecule has 3 rings (SSSR count). The van der Waals surface area contributed by atoms with E-state index in [1.165, 1.54) is 17.0 Å². The van der Waals surface area contributed by atoms with Crippen LogP contribution in [0.4, 0.5) is 22.4 Å². The molecule has 2 N–H and O–H groups in total. The Balaban J connectivity index is 1.93. The van der Waals surface area contributed by atoms with Crippen molar-refractivity contribution in [2.75, 3.05) is 13.1 Å². The molecule has 0 saturated carbocycles. The predicted octanol–water partition coefficient (Wildman–Crippen LogP) is 3.03. The average molecular weight is 448 g/mol. The van der Waals surface area contributed by atoms with Crippen molar-refractivity contribution in [3.05, 3.63) is 52.6 Å². The molecule has 2 aromatic rings. The lowest BCUT2D eigenvalue weighted by Gasteiger charge is -2.34. The lowest BCUT2D eigenvalue weighted by atomic mass is 10.0. The van der Waals surface area contributed by atoms with Crippen LogP contribution in [0, 0.1) is 5.82 Å². The van der Waals surface area contributed by atoms with Crippen molar-refractivity contribution in [1.29, 1.82) is 0 Å². The fourth-order valence-electron chi connectivity index (χ4n) is 3.07. The van der Waals surface area contributed by atoms with Gasteiger partial charge in [0, 0.05) is 24.8 Å². The monoisotopic (exact) mass is 447 g/mol. The first-order valence-electron chi connectivity index (χ1n) is 8.95. The number of nitrogens with one attached hydrogen (secondary N) is 2. The van der Waals surface area contributed by atoms with E-state index in [0.717, 1.165) is 18.5 Å². The van der Waals surface area contributed by atoms with Crippen molar-refractivity contribution < 1.29 is 27.2 Å². The summed E-state index contributed by atoms with van der Waals surface area (Å²) >= 11 is 5.84. The van der Waals surface area contributed by atoms with Gasteiger partial charge in [0.15, 0.2) is 0 Å². The number of aromatic nitrogens is 2. The summed E-state index contributed by atoms with van der Waals surface area (Å²) < 4.78 is 53.0. The number of nitrogens with zero attached hydrogens (tertiary/aromatic N) is 3. The van der Waals surface area contributed by atoms with Gasteiger partial charge in [-0.25, -0.2) is 27.0 Å². The van der Waals surface area contributed by atoms with Crippen LogP contribution in [0.1, 0.15) is 30.4 Å². The number of alkyl halides is 3. The Morgan fingerprint density at radius 1 is 1.33 bits per heavy atom. The van der Waals surface area contributed by atoms with Crippen molar-refractivity contribution in [2.45, 2.75) is 31.7 Å². The van der Waals surface area contributed by atoms with E-state index < -0.39 is 36.7 Å². The molecule has 1 aromatic carbocycles. The zero-order chi connectivity index (χ0) is 22.0. The number of carbonyl (C=O) groups is 2. The summed E-state index contributed by atoms with van der Waals surface area (Å²) in [4.78, 5) is 25.9. The summed E-state index contributed by atoms with van der Waals surface area (Å²) in [5, 5.41) is 8.66.